The van der Waals surface area contributed by atoms with E-state index in [2.05, 4.69) is 5.32 Å². The molecule has 4 nitrogen and oxygen atoms in total. The molecule has 5 heteroatoms. The van der Waals surface area contributed by atoms with Crippen LogP contribution in [0, 0.1) is 0 Å². The van der Waals surface area contributed by atoms with Crippen molar-refractivity contribution in [2.45, 2.75) is 46.1 Å². The number of rotatable bonds is 8. The van der Waals surface area contributed by atoms with Crippen LogP contribution >= 0.6 is 0 Å². The number of hydrogen-bond acceptors (Lipinski definition) is 3. The summed E-state index contributed by atoms with van der Waals surface area (Å²) in [7, 11) is -1.44. The molecule has 0 amide bonds. The third-order valence-corrected chi connectivity index (χ3v) is 5.27. The van der Waals surface area contributed by atoms with Crippen LogP contribution in [0.25, 0.3) is 0 Å². The highest BCUT2D eigenvalue weighted by atomic mass is 32.2. The fourth-order valence-electron chi connectivity index (χ4n) is 1.29. The van der Waals surface area contributed by atoms with E-state index in [1.165, 1.54) is 4.31 Å². The van der Waals surface area contributed by atoms with E-state index < -0.39 is 10.0 Å². The first-order valence-corrected chi connectivity index (χ1v) is 7.56. The van der Waals surface area contributed by atoms with Crippen LogP contribution in [-0.2, 0) is 10.0 Å². The molecule has 0 aromatic carbocycles. The van der Waals surface area contributed by atoms with Crippen molar-refractivity contribution in [1.82, 2.24) is 9.62 Å². The summed E-state index contributed by atoms with van der Waals surface area (Å²) in [5.41, 5.74) is -0.295. The third kappa shape index (κ3) is 4.80. The molecule has 0 bridgehead atoms. The van der Waals surface area contributed by atoms with Crippen LogP contribution in [-0.4, -0.2) is 44.2 Å². The van der Waals surface area contributed by atoms with E-state index in [9.17, 15) is 8.42 Å². The van der Waals surface area contributed by atoms with Gasteiger partial charge in [0, 0.05) is 12.6 Å². The van der Waals surface area contributed by atoms with Gasteiger partial charge in [-0.05, 0) is 39.8 Å². The maximum atomic E-state index is 12.0. The Labute approximate surface area is 100 Å². The van der Waals surface area contributed by atoms with Crippen molar-refractivity contribution in [2.75, 3.05) is 25.9 Å². The topological polar surface area (TPSA) is 49.4 Å². The van der Waals surface area contributed by atoms with Crippen LogP contribution in [0.3, 0.4) is 0 Å². The lowest BCUT2D eigenvalue weighted by atomic mass is 10.0. The Morgan fingerprint density at radius 3 is 2.25 bits per heavy atom. The second kappa shape index (κ2) is 6.57. The third-order valence-electron chi connectivity index (χ3n) is 3.14. The zero-order valence-electron chi connectivity index (χ0n) is 11.2. The van der Waals surface area contributed by atoms with Gasteiger partial charge in [-0.3, -0.25) is 0 Å². The summed E-state index contributed by atoms with van der Waals surface area (Å²) in [4.78, 5) is 0. The van der Waals surface area contributed by atoms with Crippen LogP contribution in [0.5, 0.6) is 0 Å². The first-order valence-electron chi connectivity index (χ1n) is 5.95. The van der Waals surface area contributed by atoms with E-state index in [0.717, 1.165) is 19.5 Å². The van der Waals surface area contributed by atoms with Gasteiger partial charge in [0.15, 0.2) is 0 Å². The van der Waals surface area contributed by atoms with Gasteiger partial charge in [-0.2, -0.15) is 4.31 Å². The van der Waals surface area contributed by atoms with Gasteiger partial charge in [-0.15, -0.1) is 0 Å². The summed E-state index contributed by atoms with van der Waals surface area (Å²) < 4.78 is 25.5. The molecule has 1 N–H and O–H groups in total. The van der Waals surface area contributed by atoms with Gasteiger partial charge < -0.3 is 5.32 Å². The van der Waals surface area contributed by atoms with Crippen molar-refractivity contribution in [2.24, 2.45) is 0 Å². The lowest BCUT2D eigenvalue weighted by Crippen LogP contribution is -2.45. The molecule has 0 unspecified atom stereocenters. The molecule has 0 fully saturated rings. The Bertz CT molecular complexity index is 286. The van der Waals surface area contributed by atoms with Crippen LogP contribution in [0.1, 0.15) is 40.5 Å². The zero-order chi connectivity index (χ0) is 12.8. The molecule has 0 saturated heterocycles. The van der Waals surface area contributed by atoms with E-state index in [1.54, 1.807) is 7.05 Å². The quantitative estimate of drug-likeness (QED) is 0.663. The molecular weight excluding hydrogens is 224 g/mol. The van der Waals surface area contributed by atoms with Gasteiger partial charge in [0.25, 0.3) is 0 Å². The lowest BCUT2D eigenvalue weighted by Gasteiger charge is -2.33. The summed E-state index contributed by atoms with van der Waals surface area (Å²) in [6, 6.07) is 0. The van der Waals surface area contributed by atoms with Crippen molar-refractivity contribution in [1.29, 1.82) is 0 Å². The second-order valence-electron chi connectivity index (χ2n) is 4.66. The van der Waals surface area contributed by atoms with Crippen molar-refractivity contribution in [3.63, 3.8) is 0 Å². The summed E-state index contributed by atoms with van der Waals surface area (Å²) in [5, 5.41) is 3.13. The van der Waals surface area contributed by atoms with Crippen LogP contribution in [0.4, 0.5) is 0 Å². The molecule has 0 aliphatic rings. The average molecular weight is 250 g/mol. The van der Waals surface area contributed by atoms with Crippen LogP contribution in [0.15, 0.2) is 0 Å². The molecule has 0 aromatic heterocycles. The molecule has 0 aromatic rings. The molecule has 0 radical (unpaired) electrons. The second-order valence-corrected chi connectivity index (χ2v) is 6.78. The molecule has 0 atom stereocenters. The van der Waals surface area contributed by atoms with Crippen molar-refractivity contribution >= 4 is 10.0 Å². The highest BCUT2D eigenvalue weighted by molar-refractivity contribution is 7.89. The lowest BCUT2D eigenvalue weighted by molar-refractivity contribution is 0.257. The van der Waals surface area contributed by atoms with Crippen molar-refractivity contribution < 1.29 is 8.42 Å². The Morgan fingerprint density at radius 1 is 1.25 bits per heavy atom. The minimum absolute atomic E-state index is 0.222. The first-order chi connectivity index (χ1) is 7.28. The number of nitrogens with zero attached hydrogens (tertiary/aromatic N) is 1. The van der Waals surface area contributed by atoms with Crippen LogP contribution < -0.4 is 5.32 Å². The molecular formula is C11H26N2O2S. The van der Waals surface area contributed by atoms with Gasteiger partial charge in [0.2, 0.25) is 10.0 Å². The van der Waals surface area contributed by atoms with E-state index >= 15 is 0 Å². The standard InChI is InChI=1S/C11H26N2O2S/c1-6-11(3,4)13(5)16(14,15)10-8-9-12-7-2/h12H,6-10H2,1-5H3. The summed E-state index contributed by atoms with van der Waals surface area (Å²) in [6.07, 6.45) is 1.48. The monoisotopic (exact) mass is 250 g/mol. The number of hydrogen-bond donors (Lipinski definition) is 1. The fourth-order valence-corrected chi connectivity index (χ4v) is 2.96. The molecule has 0 aliphatic heterocycles. The Hall–Kier alpha value is -0.130. The van der Waals surface area contributed by atoms with Gasteiger partial charge in [-0.1, -0.05) is 13.8 Å². The zero-order valence-corrected chi connectivity index (χ0v) is 12.0. The maximum absolute atomic E-state index is 12.0. The van der Waals surface area contributed by atoms with Gasteiger partial charge in [0.05, 0.1) is 5.75 Å². The minimum atomic E-state index is -3.12. The molecule has 16 heavy (non-hydrogen) atoms. The number of sulfonamides is 1. The van der Waals surface area contributed by atoms with Gasteiger partial charge in [0.1, 0.15) is 0 Å². The van der Waals surface area contributed by atoms with Crippen molar-refractivity contribution in [3.8, 4) is 0 Å². The molecule has 0 rings (SSSR count). The Balaban J connectivity index is 4.33. The number of nitrogens with one attached hydrogen (secondary N) is 1. The summed E-state index contributed by atoms with van der Waals surface area (Å²) in [5.74, 6) is 0.222. The van der Waals surface area contributed by atoms with E-state index in [0.29, 0.717) is 6.42 Å². The fraction of sp³-hybridized carbons (Fsp3) is 1.00. The van der Waals surface area contributed by atoms with Crippen LogP contribution in [0.2, 0.25) is 0 Å². The van der Waals surface area contributed by atoms with E-state index in [1.807, 2.05) is 27.7 Å². The van der Waals surface area contributed by atoms with Crippen molar-refractivity contribution in [3.05, 3.63) is 0 Å². The average Bonchev–Trinajstić information content (AvgIpc) is 2.23. The normalized spacial score (nSPS) is 13.4. The Morgan fingerprint density at radius 2 is 1.81 bits per heavy atom. The smallest absolute Gasteiger partial charge is 0.214 e. The minimum Gasteiger partial charge on any atom is -0.317 e. The SMILES string of the molecule is CCNCCCS(=O)(=O)N(C)C(C)(C)CC. The van der Waals surface area contributed by atoms with E-state index in [-0.39, 0.29) is 11.3 Å². The molecule has 0 heterocycles. The first kappa shape index (κ1) is 15.9. The molecule has 98 valence electrons. The maximum Gasteiger partial charge on any atom is 0.214 e. The molecule has 0 saturated carbocycles. The highest BCUT2D eigenvalue weighted by Crippen LogP contribution is 2.20. The summed E-state index contributed by atoms with van der Waals surface area (Å²) >= 11 is 0. The predicted octanol–water partition coefficient (Wildman–Crippen LogP) is 1.44. The largest absolute Gasteiger partial charge is 0.317 e. The summed E-state index contributed by atoms with van der Waals surface area (Å²) in [6.45, 7) is 9.57. The molecule has 0 aliphatic carbocycles. The Kier molecular flexibility index (Phi) is 6.51. The highest BCUT2D eigenvalue weighted by Gasteiger charge is 2.30. The predicted molar refractivity (Wildman–Crippen MR) is 69.1 cm³/mol. The van der Waals surface area contributed by atoms with E-state index in [4.69, 9.17) is 0 Å². The van der Waals surface area contributed by atoms with Gasteiger partial charge >= 0.3 is 0 Å². The molecule has 0 spiro atoms. The van der Waals surface area contributed by atoms with Gasteiger partial charge in [-0.25, -0.2) is 8.42 Å².